The van der Waals surface area contributed by atoms with Gasteiger partial charge in [-0.2, -0.15) is 0 Å². The Balaban J connectivity index is 1.42. The van der Waals surface area contributed by atoms with E-state index in [1.54, 1.807) is 13.2 Å². The summed E-state index contributed by atoms with van der Waals surface area (Å²) in [6.07, 6.45) is 5.32. The number of methoxy groups -OCH3 is 1. The van der Waals surface area contributed by atoms with Crippen LogP contribution in [0.15, 0.2) is 60.7 Å². The molecular formula is C23H26N2O3. The summed E-state index contributed by atoms with van der Waals surface area (Å²) >= 11 is 0. The predicted molar refractivity (Wildman–Crippen MR) is 110 cm³/mol. The first kappa shape index (κ1) is 19.7. The van der Waals surface area contributed by atoms with Crippen LogP contribution in [-0.2, 0) is 16.0 Å². The second kappa shape index (κ2) is 9.74. The van der Waals surface area contributed by atoms with Crippen molar-refractivity contribution in [3.63, 3.8) is 0 Å². The number of nitrogens with zero attached hydrogens (tertiary/aromatic N) is 1. The van der Waals surface area contributed by atoms with E-state index in [4.69, 9.17) is 4.74 Å². The minimum absolute atomic E-state index is 0.0909. The van der Waals surface area contributed by atoms with E-state index in [1.807, 2.05) is 65.6 Å². The molecule has 1 N–H and O–H groups in total. The highest BCUT2D eigenvalue weighted by Gasteiger charge is 2.23. The highest BCUT2D eigenvalue weighted by molar-refractivity contribution is 5.91. The van der Waals surface area contributed by atoms with Crippen LogP contribution in [0.25, 0.3) is 6.08 Å². The van der Waals surface area contributed by atoms with E-state index in [1.165, 1.54) is 0 Å². The van der Waals surface area contributed by atoms with Crippen LogP contribution < -0.4 is 10.1 Å². The van der Waals surface area contributed by atoms with Crippen molar-refractivity contribution in [3.05, 3.63) is 71.8 Å². The van der Waals surface area contributed by atoms with Crippen LogP contribution in [-0.4, -0.2) is 43.0 Å². The molecule has 0 radical (unpaired) electrons. The van der Waals surface area contributed by atoms with Crippen molar-refractivity contribution in [2.45, 2.75) is 25.3 Å². The van der Waals surface area contributed by atoms with Gasteiger partial charge in [0.2, 0.25) is 11.8 Å². The van der Waals surface area contributed by atoms with Gasteiger partial charge in [-0.1, -0.05) is 42.5 Å². The molecule has 1 heterocycles. The molecule has 0 bridgehead atoms. The first-order valence-electron chi connectivity index (χ1n) is 9.58. The molecule has 5 nitrogen and oxygen atoms in total. The number of hydrogen-bond donors (Lipinski definition) is 1. The molecule has 3 rings (SSSR count). The van der Waals surface area contributed by atoms with Crippen molar-refractivity contribution >= 4 is 17.9 Å². The normalized spacial score (nSPS) is 14.8. The lowest BCUT2D eigenvalue weighted by molar-refractivity contribution is -0.131. The third kappa shape index (κ3) is 5.71. The summed E-state index contributed by atoms with van der Waals surface area (Å²) in [5.74, 6) is 0.819. The van der Waals surface area contributed by atoms with Gasteiger partial charge in [0.25, 0.3) is 0 Å². The molecule has 0 spiro atoms. The molecule has 0 aromatic heterocycles. The molecule has 0 unspecified atom stereocenters. The van der Waals surface area contributed by atoms with Crippen molar-refractivity contribution in [1.29, 1.82) is 0 Å². The Morgan fingerprint density at radius 3 is 2.39 bits per heavy atom. The van der Waals surface area contributed by atoms with Crippen molar-refractivity contribution in [3.8, 4) is 5.75 Å². The van der Waals surface area contributed by atoms with E-state index in [0.717, 1.165) is 29.7 Å². The summed E-state index contributed by atoms with van der Waals surface area (Å²) in [6, 6.07) is 17.4. The van der Waals surface area contributed by atoms with Crippen molar-refractivity contribution < 1.29 is 14.3 Å². The highest BCUT2D eigenvalue weighted by Crippen LogP contribution is 2.15. The summed E-state index contributed by atoms with van der Waals surface area (Å²) in [4.78, 5) is 26.5. The number of carbonyl (C=O) groups excluding carboxylic acids is 2. The number of benzene rings is 2. The topological polar surface area (TPSA) is 58.6 Å². The van der Waals surface area contributed by atoms with Gasteiger partial charge >= 0.3 is 0 Å². The second-order valence-corrected chi connectivity index (χ2v) is 6.93. The van der Waals surface area contributed by atoms with Gasteiger partial charge in [-0.05, 0) is 42.2 Å². The average Bonchev–Trinajstić information content (AvgIpc) is 2.74. The fourth-order valence-corrected chi connectivity index (χ4v) is 3.29. The quantitative estimate of drug-likeness (QED) is 0.786. The number of carbonyl (C=O) groups is 2. The predicted octanol–water partition coefficient (Wildman–Crippen LogP) is 3.06. The number of ether oxygens (including phenoxy) is 1. The van der Waals surface area contributed by atoms with Gasteiger partial charge < -0.3 is 15.0 Å². The summed E-state index contributed by atoms with van der Waals surface area (Å²) < 4.78 is 5.14. The van der Waals surface area contributed by atoms with E-state index in [9.17, 15) is 9.59 Å². The van der Waals surface area contributed by atoms with Crippen LogP contribution in [0, 0.1) is 0 Å². The average molecular weight is 378 g/mol. The Labute approximate surface area is 166 Å². The molecule has 28 heavy (non-hydrogen) atoms. The Hall–Kier alpha value is -3.08. The van der Waals surface area contributed by atoms with Gasteiger partial charge in [0.1, 0.15) is 5.75 Å². The van der Waals surface area contributed by atoms with Crippen molar-refractivity contribution in [1.82, 2.24) is 10.2 Å². The number of rotatable bonds is 6. The lowest BCUT2D eigenvalue weighted by atomic mass is 10.0. The third-order valence-electron chi connectivity index (χ3n) is 4.94. The van der Waals surface area contributed by atoms with Gasteiger partial charge in [0.15, 0.2) is 0 Å². The van der Waals surface area contributed by atoms with E-state index in [2.05, 4.69) is 5.32 Å². The summed E-state index contributed by atoms with van der Waals surface area (Å²) in [6.45, 7) is 1.34. The molecule has 2 aromatic rings. The van der Waals surface area contributed by atoms with E-state index >= 15 is 0 Å². The Kier molecular flexibility index (Phi) is 6.84. The number of amides is 2. The number of piperidine rings is 1. The molecule has 1 aliphatic heterocycles. The number of nitrogens with one attached hydrogen (secondary N) is 1. The lowest BCUT2D eigenvalue weighted by Crippen LogP contribution is -2.46. The molecule has 5 heteroatoms. The summed E-state index contributed by atoms with van der Waals surface area (Å²) in [5.41, 5.74) is 1.98. The molecule has 0 saturated carbocycles. The molecule has 1 fully saturated rings. The molecule has 1 saturated heterocycles. The Morgan fingerprint density at radius 1 is 1.07 bits per heavy atom. The van der Waals surface area contributed by atoms with Crippen LogP contribution in [0.4, 0.5) is 0 Å². The van der Waals surface area contributed by atoms with Crippen LogP contribution >= 0.6 is 0 Å². The summed E-state index contributed by atoms with van der Waals surface area (Å²) in [5, 5.41) is 3.03. The monoisotopic (exact) mass is 378 g/mol. The smallest absolute Gasteiger partial charge is 0.244 e. The van der Waals surface area contributed by atoms with Crippen LogP contribution in [0.2, 0.25) is 0 Å². The molecule has 1 aliphatic rings. The van der Waals surface area contributed by atoms with E-state index < -0.39 is 0 Å². The zero-order valence-electron chi connectivity index (χ0n) is 16.1. The molecule has 0 atom stereocenters. The molecule has 2 amide bonds. The zero-order valence-corrected chi connectivity index (χ0v) is 16.1. The van der Waals surface area contributed by atoms with Crippen molar-refractivity contribution in [2.24, 2.45) is 0 Å². The van der Waals surface area contributed by atoms with E-state index in [0.29, 0.717) is 19.5 Å². The largest absolute Gasteiger partial charge is 0.497 e. The van der Waals surface area contributed by atoms with Gasteiger partial charge in [0.05, 0.1) is 13.5 Å². The molecule has 0 aliphatic carbocycles. The van der Waals surface area contributed by atoms with Gasteiger partial charge in [0, 0.05) is 25.2 Å². The number of hydrogen-bond acceptors (Lipinski definition) is 3. The molecular weight excluding hydrogens is 352 g/mol. The highest BCUT2D eigenvalue weighted by atomic mass is 16.5. The maximum Gasteiger partial charge on any atom is 0.244 e. The third-order valence-corrected chi connectivity index (χ3v) is 4.94. The SMILES string of the molecule is COc1ccc(CC(=O)N2CCC(NC(=O)/C=C/c3ccccc3)CC2)cc1. The first-order chi connectivity index (χ1) is 13.6. The fraction of sp³-hybridized carbons (Fsp3) is 0.304. The second-order valence-electron chi connectivity index (χ2n) is 6.93. The minimum atomic E-state index is -0.0909. The maximum atomic E-state index is 12.5. The van der Waals surface area contributed by atoms with Crippen LogP contribution in [0.3, 0.4) is 0 Å². The first-order valence-corrected chi connectivity index (χ1v) is 9.58. The van der Waals surface area contributed by atoms with Gasteiger partial charge in [-0.3, -0.25) is 9.59 Å². The van der Waals surface area contributed by atoms with Crippen LogP contribution in [0.5, 0.6) is 5.75 Å². The minimum Gasteiger partial charge on any atom is -0.497 e. The zero-order chi connectivity index (χ0) is 19.8. The van der Waals surface area contributed by atoms with Gasteiger partial charge in [-0.15, -0.1) is 0 Å². The Morgan fingerprint density at radius 2 is 1.75 bits per heavy atom. The number of likely N-dealkylation sites (tertiary alicyclic amines) is 1. The molecule has 146 valence electrons. The van der Waals surface area contributed by atoms with E-state index in [-0.39, 0.29) is 17.9 Å². The molecule has 2 aromatic carbocycles. The van der Waals surface area contributed by atoms with Crippen LogP contribution in [0.1, 0.15) is 24.0 Å². The van der Waals surface area contributed by atoms with Gasteiger partial charge in [-0.25, -0.2) is 0 Å². The Bertz CT molecular complexity index is 808. The summed E-state index contributed by atoms with van der Waals surface area (Å²) in [7, 11) is 1.63. The fourth-order valence-electron chi connectivity index (χ4n) is 3.29. The van der Waals surface area contributed by atoms with Crippen molar-refractivity contribution in [2.75, 3.05) is 20.2 Å². The standard InChI is InChI=1S/C23H26N2O3/c1-28-21-10-7-19(8-11-21)17-23(27)25-15-13-20(14-16-25)24-22(26)12-9-18-5-3-2-4-6-18/h2-12,20H,13-17H2,1H3,(H,24,26)/b12-9+. The maximum absolute atomic E-state index is 12.5. The lowest BCUT2D eigenvalue weighted by Gasteiger charge is -2.32.